The van der Waals surface area contributed by atoms with E-state index in [0.717, 1.165) is 9.79 Å². The number of rotatable bonds is 8. The molecule has 1 amide bonds. The van der Waals surface area contributed by atoms with Crippen LogP contribution in [0.25, 0.3) is 0 Å². The first-order valence-corrected chi connectivity index (χ1v) is 9.84. The molecule has 3 rings (SSSR count). The van der Waals surface area contributed by atoms with E-state index >= 15 is 0 Å². The summed E-state index contributed by atoms with van der Waals surface area (Å²) in [4.78, 5) is 13.9. The summed E-state index contributed by atoms with van der Waals surface area (Å²) in [7, 11) is 0. The molecular weight excluding hydrogens is 373 g/mol. The van der Waals surface area contributed by atoms with Gasteiger partial charge < -0.3 is 4.42 Å². The van der Waals surface area contributed by atoms with Gasteiger partial charge in [0.2, 0.25) is 11.8 Å². The fourth-order valence-corrected chi connectivity index (χ4v) is 3.61. The fraction of sp³-hybridized carbons (Fsp3) is 0.167. The van der Waals surface area contributed by atoms with Gasteiger partial charge in [0.25, 0.3) is 0 Å². The normalized spacial score (nSPS) is 10.7. The Kier molecular flexibility index (Phi) is 6.68. The minimum absolute atomic E-state index is 0.102. The maximum Gasteiger partial charge on any atom is 0.322 e. The molecule has 0 bridgehead atoms. The Hall–Kier alpha value is -2.32. The zero-order chi connectivity index (χ0) is 18.2. The summed E-state index contributed by atoms with van der Waals surface area (Å²) in [5, 5.41) is 10.4. The zero-order valence-electron chi connectivity index (χ0n) is 13.7. The first-order chi connectivity index (χ1) is 12.7. The summed E-state index contributed by atoms with van der Waals surface area (Å²) in [6, 6.07) is 16.2. The molecule has 134 valence electrons. The van der Waals surface area contributed by atoms with Crippen LogP contribution in [-0.2, 0) is 10.5 Å². The Balaban J connectivity index is 1.40. The molecule has 2 aromatic carbocycles. The molecule has 0 saturated carbocycles. The standard InChI is InChI=1S/C18H16FN3O2S2/c19-13-6-8-15(9-7-13)25-11-10-16(23)20-18-22-21-17(24-18)12-26-14-4-2-1-3-5-14/h1-9H,10-12H2,(H,20,22,23). The molecule has 8 heteroatoms. The van der Waals surface area contributed by atoms with E-state index in [0.29, 0.717) is 23.8 Å². The first-order valence-electron chi connectivity index (χ1n) is 7.87. The SMILES string of the molecule is O=C(CCSc1ccc(F)cc1)Nc1nnc(CSc2ccccc2)o1. The molecule has 0 aliphatic rings. The number of nitrogens with zero attached hydrogens (tertiary/aromatic N) is 2. The Bertz CT molecular complexity index is 841. The third-order valence-corrected chi connectivity index (χ3v) is 5.24. The van der Waals surface area contributed by atoms with Gasteiger partial charge in [-0.2, -0.15) is 0 Å². The van der Waals surface area contributed by atoms with E-state index in [1.54, 1.807) is 23.9 Å². The first kappa shape index (κ1) is 18.5. The molecule has 0 aliphatic heterocycles. The number of hydrogen-bond acceptors (Lipinski definition) is 6. The lowest BCUT2D eigenvalue weighted by molar-refractivity contribution is -0.115. The van der Waals surface area contributed by atoms with Crippen molar-refractivity contribution in [2.24, 2.45) is 0 Å². The summed E-state index contributed by atoms with van der Waals surface area (Å²) in [6.07, 6.45) is 0.290. The van der Waals surface area contributed by atoms with Gasteiger partial charge >= 0.3 is 6.01 Å². The van der Waals surface area contributed by atoms with Gasteiger partial charge in [-0.25, -0.2) is 4.39 Å². The molecule has 1 heterocycles. The monoisotopic (exact) mass is 389 g/mol. The molecular formula is C18H16FN3O2S2. The fourth-order valence-electron chi connectivity index (χ4n) is 2.00. The largest absolute Gasteiger partial charge is 0.407 e. The second-order valence-electron chi connectivity index (χ2n) is 5.20. The predicted octanol–water partition coefficient (Wildman–Crippen LogP) is 4.62. The molecule has 0 unspecified atom stereocenters. The molecule has 0 atom stereocenters. The number of nitrogens with one attached hydrogen (secondary N) is 1. The van der Waals surface area contributed by atoms with Crippen molar-refractivity contribution in [3.05, 3.63) is 66.3 Å². The summed E-state index contributed by atoms with van der Waals surface area (Å²) >= 11 is 3.06. The second kappa shape index (κ2) is 9.40. The van der Waals surface area contributed by atoms with Gasteiger partial charge in [-0.05, 0) is 36.4 Å². The summed E-state index contributed by atoms with van der Waals surface area (Å²) in [6.45, 7) is 0. The minimum atomic E-state index is -0.273. The number of benzene rings is 2. The number of amides is 1. The van der Waals surface area contributed by atoms with Crippen LogP contribution in [0, 0.1) is 5.82 Å². The number of aromatic nitrogens is 2. The molecule has 1 N–H and O–H groups in total. The van der Waals surface area contributed by atoms with Crippen LogP contribution in [0.4, 0.5) is 10.4 Å². The lowest BCUT2D eigenvalue weighted by Crippen LogP contribution is -2.12. The van der Waals surface area contributed by atoms with Crippen molar-refractivity contribution in [3.8, 4) is 0 Å². The maximum atomic E-state index is 12.8. The Morgan fingerprint density at radius 2 is 1.73 bits per heavy atom. The lowest BCUT2D eigenvalue weighted by atomic mass is 10.4. The van der Waals surface area contributed by atoms with E-state index in [4.69, 9.17) is 4.42 Å². The van der Waals surface area contributed by atoms with E-state index in [-0.39, 0.29) is 17.7 Å². The van der Waals surface area contributed by atoms with Crippen molar-refractivity contribution in [2.45, 2.75) is 22.0 Å². The number of hydrogen-bond donors (Lipinski definition) is 1. The molecule has 0 saturated heterocycles. The van der Waals surface area contributed by atoms with Crippen molar-refractivity contribution >= 4 is 35.4 Å². The predicted molar refractivity (Wildman–Crippen MR) is 101 cm³/mol. The summed E-state index contributed by atoms with van der Waals surface area (Å²) in [5.41, 5.74) is 0. The lowest BCUT2D eigenvalue weighted by Gasteiger charge is -2.02. The highest BCUT2D eigenvalue weighted by Crippen LogP contribution is 2.22. The third-order valence-electron chi connectivity index (χ3n) is 3.23. The molecule has 1 aromatic heterocycles. The Morgan fingerprint density at radius 1 is 1.00 bits per heavy atom. The van der Waals surface area contributed by atoms with Crippen LogP contribution in [0.5, 0.6) is 0 Å². The second-order valence-corrected chi connectivity index (χ2v) is 7.42. The highest BCUT2D eigenvalue weighted by molar-refractivity contribution is 7.99. The average molecular weight is 389 g/mol. The molecule has 0 aliphatic carbocycles. The van der Waals surface area contributed by atoms with Crippen LogP contribution < -0.4 is 5.32 Å². The van der Waals surface area contributed by atoms with Crippen LogP contribution in [0.1, 0.15) is 12.3 Å². The van der Waals surface area contributed by atoms with Crippen molar-refractivity contribution in [3.63, 3.8) is 0 Å². The van der Waals surface area contributed by atoms with Crippen LogP contribution in [0.2, 0.25) is 0 Å². The summed E-state index contributed by atoms with van der Waals surface area (Å²) in [5.74, 6) is 1.08. The number of carbonyl (C=O) groups is 1. The van der Waals surface area contributed by atoms with Gasteiger partial charge in [-0.3, -0.25) is 10.1 Å². The summed E-state index contributed by atoms with van der Waals surface area (Å²) < 4.78 is 18.3. The van der Waals surface area contributed by atoms with E-state index < -0.39 is 0 Å². The van der Waals surface area contributed by atoms with E-state index in [1.165, 1.54) is 23.9 Å². The van der Waals surface area contributed by atoms with E-state index in [2.05, 4.69) is 15.5 Å². The number of halogens is 1. The molecule has 5 nitrogen and oxygen atoms in total. The zero-order valence-corrected chi connectivity index (χ0v) is 15.4. The molecule has 0 radical (unpaired) electrons. The molecule has 0 fully saturated rings. The minimum Gasteiger partial charge on any atom is -0.407 e. The maximum absolute atomic E-state index is 12.8. The molecule has 26 heavy (non-hydrogen) atoms. The van der Waals surface area contributed by atoms with Gasteiger partial charge in [-0.1, -0.05) is 23.3 Å². The van der Waals surface area contributed by atoms with Crippen LogP contribution in [-0.4, -0.2) is 21.9 Å². The topological polar surface area (TPSA) is 68.0 Å². The van der Waals surface area contributed by atoms with Gasteiger partial charge in [0.15, 0.2) is 0 Å². The van der Waals surface area contributed by atoms with Crippen LogP contribution in [0.3, 0.4) is 0 Å². The highest BCUT2D eigenvalue weighted by Gasteiger charge is 2.10. The van der Waals surface area contributed by atoms with Gasteiger partial charge in [-0.15, -0.1) is 28.6 Å². The Morgan fingerprint density at radius 3 is 2.50 bits per heavy atom. The van der Waals surface area contributed by atoms with Crippen molar-refractivity contribution in [2.75, 3.05) is 11.1 Å². The quantitative estimate of drug-likeness (QED) is 0.567. The van der Waals surface area contributed by atoms with Crippen molar-refractivity contribution in [1.82, 2.24) is 10.2 Å². The molecule has 0 spiro atoms. The third kappa shape index (κ3) is 5.89. The van der Waals surface area contributed by atoms with Crippen molar-refractivity contribution in [1.29, 1.82) is 0 Å². The number of carbonyl (C=O) groups excluding carboxylic acids is 1. The van der Waals surface area contributed by atoms with E-state index in [1.807, 2.05) is 30.3 Å². The molecule has 3 aromatic rings. The van der Waals surface area contributed by atoms with Crippen LogP contribution in [0.15, 0.2) is 68.8 Å². The van der Waals surface area contributed by atoms with Crippen molar-refractivity contribution < 1.29 is 13.6 Å². The van der Waals surface area contributed by atoms with Gasteiger partial charge in [0.1, 0.15) is 5.82 Å². The average Bonchev–Trinajstić information content (AvgIpc) is 3.10. The van der Waals surface area contributed by atoms with E-state index in [9.17, 15) is 9.18 Å². The van der Waals surface area contributed by atoms with Gasteiger partial charge in [0, 0.05) is 22.0 Å². The van der Waals surface area contributed by atoms with Gasteiger partial charge in [0.05, 0.1) is 5.75 Å². The number of thioether (sulfide) groups is 2. The smallest absolute Gasteiger partial charge is 0.322 e. The van der Waals surface area contributed by atoms with Crippen LogP contribution >= 0.6 is 23.5 Å². The number of anilines is 1. The highest BCUT2D eigenvalue weighted by atomic mass is 32.2. The Labute approximate surface area is 158 Å².